The summed E-state index contributed by atoms with van der Waals surface area (Å²) in [4.78, 5) is 56.2. The van der Waals surface area contributed by atoms with Crippen LogP contribution in [-0.4, -0.2) is 46.9 Å². The first-order valence-electron chi connectivity index (χ1n) is 11.6. The molecule has 1 spiro atoms. The molecular formula is C24H27N5O6. The highest BCUT2D eigenvalue weighted by molar-refractivity contribution is 6.04. The molecule has 2 aliphatic carbocycles. The normalized spacial score (nSPS) is 23.4. The van der Waals surface area contributed by atoms with Crippen molar-refractivity contribution in [2.24, 2.45) is 5.92 Å². The molecule has 1 saturated carbocycles. The van der Waals surface area contributed by atoms with Gasteiger partial charge in [-0.25, -0.2) is 14.6 Å². The van der Waals surface area contributed by atoms with Crippen molar-refractivity contribution in [2.75, 3.05) is 12.4 Å². The fourth-order valence-electron chi connectivity index (χ4n) is 5.13. The number of hydrogen-bond acceptors (Lipinski definition) is 7. The number of aromatic nitrogens is 1. The number of fused-ring (bicyclic) bond motifs is 2. The second kappa shape index (κ2) is 8.71. The van der Waals surface area contributed by atoms with E-state index in [0.29, 0.717) is 35.0 Å². The number of nitrogens with one attached hydrogen (secondary N) is 3. The van der Waals surface area contributed by atoms with Crippen molar-refractivity contribution >= 4 is 29.6 Å². The van der Waals surface area contributed by atoms with Crippen molar-refractivity contribution in [3.63, 3.8) is 0 Å². The Labute approximate surface area is 201 Å². The second-order valence-electron chi connectivity index (χ2n) is 9.36. The number of amides is 5. The third-order valence-corrected chi connectivity index (χ3v) is 7.15. The van der Waals surface area contributed by atoms with Crippen LogP contribution in [0.15, 0.2) is 35.3 Å². The van der Waals surface area contributed by atoms with E-state index in [1.165, 1.54) is 19.7 Å². The van der Waals surface area contributed by atoms with Gasteiger partial charge in [0.05, 0.1) is 12.2 Å². The summed E-state index contributed by atoms with van der Waals surface area (Å²) in [5.74, 6) is -0.587. The Morgan fingerprint density at radius 2 is 2.11 bits per heavy atom. The molecule has 1 unspecified atom stereocenters. The third kappa shape index (κ3) is 4.22. The Morgan fingerprint density at radius 3 is 2.74 bits per heavy atom. The standard InChI is InChI=1S/C24H27N5O6/c1-13(14-3-4-14)29(10-17-11-34-12-26-17)20(30)7-15-9-24(21(31)28-23(33)35-24)19-6-5-16(8-18(15)19)27-22(32)25-2/h5-6,8,11-15H,3-4,7,9-10H2,1-2H3,(H2,25,27,32)(H,28,31,33)/t13-,15?,24+/m0/s1. The predicted molar refractivity (Wildman–Crippen MR) is 122 cm³/mol. The van der Waals surface area contributed by atoms with Crippen LogP contribution in [0, 0.1) is 5.92 Å². The first-order valence-corrected chi connectivity index (χ1v) is 11.6. The number of carbonyl (C=O) groups excluding carboxylic acids is 4. The molecule has 11 heteroatoms. The molecule has 1 aromatic carbocycles. The van der Waals surface area contributed by atoms with E-state index in [4.69, 9.17) is 9.15 Å². The molecular weight excluding hydrogens is 454 g/mol. The SMILES string of the molecule is CNC(=O)Nc1ccc2c(c1)C(CC(=O)N(Cc1cocn1)[C@@H](C)C1CC1)C[C@@]21OC(=O)NC1=O. The number of urea groups is 1. The Bertz CT molecular complexity index is 1180. The van der Waals surface area contributed by atoms with Crippen LogP contribution >= 0.6 is 0 Å². The van der Waals surface area contributed by atoms with E-state index in [2.05, 4.69) is 20.9 Å². The van der Waals surface area contributed by atoms with Gasteiger partial charge >= 0.3 is 12.1 Å². The van der Waals surface area contributed by atoms with Crippen LogP contribution in [-0.2, 0) is 26.5 Å². The van der Waals surface area contributed by atoms with E-state index in [9.17, 15) is 19.2 Å². The average Bonchev–Trinajstić information content (AvgIpc) is 3.37. The molecule has 1 aliphatic heterocycles. The highest BCUT2D eigenvalue weighted by Crippen LogP contribution is 2.51. The van der Waals surface area contributed by atoms with Gasteiger partial charge in [0.25, 0.3) is 5.91 Å². The summed E-state index contributed by atoms with van der Waals surface area (Å²) >= 11 is 0. The maximum Gasteiger partial charge on any atom is 0.415 e. The molecule has 1 saturated heterocycles. The fourth-order valence-corrected chi connectivity index (χ4v) is 5.13. The van der Waals surface area contributed by atoms with Crippen LogP contribution in [0.25, 0.3) is 0 Å². The summed E-state index contributed by atoms with van der Waals surface area (Å²) in [5.41, 5.74) is 0.905. The minimum Gasteiger partial charge on any atom is -0.451 e. The van der Waals surface area contributed by atoms with Gasteiger partial charge in [-0.2, -0.15) is 0 Å². The van der Waals surface area contributed by atoms with E-state index >= 15 is 0 Å². The van der Waals surface area contributed by atoms with Crippen LogP contribution in [0.5, 0.6) is 0 Å². The predicted octanol–water partition coefficient (Wildman–Crippen LogP) is 2.59. The largest absolute Gasteiger partial charge is 0.451 e. The molecule has 11 nitrogen and oxygen atoms in total. The average molecular weight is 482 g/mol. The number of ether oxygens (including phenoxy) is 1. The number of anilines is 1. The molecule has 1 aromatic heterocycles. The maximum absolute atomic E-state index is 13.6. The Kier molecular flexibility index (Phi) is 5.70. The van der Waals surface area contributed by atoms with Crippen LogP contribution in [0.3, 0.4) is 0 Å². The molecule has 35 heavy (non-hydrogen) atoms. The summed E-state index contributed by atoms with van der Waals surface area (Å²) < 4.78 is 10.6. The van der Waals surface area contributed by atoms with Gasteiger partial charge < -0.3 is 24.7 Å². The molecule has 0 bridgehead atoms. The van der Waals surface area contributed by atoms with Gasteiger partial charge in [0, 0.05) is 37.2 Å². The van der Waals surface area contributed by atoms with E-state index in [1.807, 2.05) is 11.8 Å². The molecule has 0 radical (unpaired) electrons. The van der Waals surface area contributed by atoms with Crippen molar-refractivity contribution in [3.8, 4) is 0 Å². The topological polar surface area (TPSA) is 143 Å². The van der Waals surface area contributed by atoms with Crippen LogP contribution in [0.1, 0.15) is 55.3 Å². The Morgan fingerprint density at radius 1 is 1.31 bits per heavy atom. The van der Waals surface area contributed by atoms with Crippen molar-refractivity contribution in [2.45, 2.75) is 56.7 Å². The Balaban J connectivity index is 1.45. The highest BCUT2D eigenvalue weighted by atomic mass is 16.6. The van der Waals surface area contributed by atoms with Crippen LogP contribution < -0.4 is 16.0 Å². The van der Waals surface area contributed by atoms with E-state index < -0.39 is 29.6 Å². The zero-order valence-corrected chi connectivity index (χ0v) is 19.5. The van der Waals surface area contributed by atoms with Gasteiger partial charge in [-0.15, -0.1) is 0 Å². The summed E-state index contributed by atoms with van der Waals surface area (Å²) in [7, 11) is 1.51. The quantitative estimate of drug-likeness (QED) is 0.552. The zero-order chi connectivity index (χ0) is 24.7. The number of alkyl carbamates (subject to hydrolysis) is 1. The van der Waals surface area contributed by atoms with Gasteiger partial charge in [-0.1, -0.05) is 6.07 Å². The Hall–Kier alpha value is -3.89. The fraction of sp³-hybridized carbons (Fsp3) is 0.458. The summed E-state index contributed by atoms with van der Waals surface area (Å²) in [6.45, 7) is 2.36. The van der Waals surface area contributed by atoms with E-state index in [1.54, 1.807) is 18.2 Å². The molecule has 2 heterocycles. The first-order chi connectivity index (χ1) is 16.8. The highest BCUT2D eigenvalue weighted by Gasteiger charge is 2.57. The number of oxazole rings is 1. The van der Waals surface area contributed by atoms with Crippen molar-refractivity contribution in [3.05, 3.63) is 47.7 Å². The number of carbonyl (C=O) groups is 4. The van der Waals surface area contributed by atoms with Crippen molar-refractivity contribution in [1.82, 2.24) is 20.5 Å². The van der Waals surface area contributed by atoms with E-state index in [0.717, 1.165) is 12.8 Å². The third-order valence-electron chi connectivity index (χ3n) is 7.15. The van der Waals surface area contributed by atoms with Crippen LogP contribution in [0.2, 0.25) is 0 Å². The number of hydrogen-bond donors (Lipinski definition) is 3. The smallest absolute Gasteiger partial charge is 0.415 e. The lowest BCUT2D eigenvalue weighted by atomic mass is 9.93. The summed E-state index contributed by atoms with van der Waals surface area (Å²) in [5, 5.41) is 7.43. The lowest BCUT2D eigenvalue weighted by Gasteiger charge is -2.30. The van der Waals surface area contributed by atoms with Gasteiger partial charge in [0.2, 0.25) is 11.5 Å². The number of nitrogens with zero attached hydrogens (tertiary/aromatic N) is 2. The minimum atomic E-state index is -1.48. The first kappa shape index (κ1) is 22.9. The summed E-state index contributed by atoms with van der Waals surface area (Å²) in [6.07, 6.45) is 4.45. The lowest BCUT2D eigenvalue weighted by molar-refractivity contribution is -0.136. The van der Waals surface area contributed by atoms with Crippen molar-refractivity contribution < 1.29 is 28.3 Å². The summed E-state index contributed by atoms with van der Waals surface area (Å²) in [6, 6.07) is 4.69. The molecule has 3 N–H and O–H groups in total. The molecule has 5 amide bonds. The molecule has 2 aromatic rings. The van der Waals surface area contributed by atoms with Gasteiger partial charge in [0.1, 0.15) is 6.26 Å². The second-order valence-corrected chi connectivity index (χ2v) is 9.36. The van der Waals surface area contributed by atoms with Gasteiger partial charge in [0.15, 0.2) is 6.39 Å². The number of rotatable bonds is 7. The maximum atomic E-state index is 13.6. The molecule has 184 valence electrons. The van der Waals surface area contributed by atoms with Gasteiger partial charge in [-0.05, 0) is 49.3 Å². The van der Waals surface area contributed by atoms with E-state index in [-0.39, 0.29) is 24.8 Å². The minimum absolute atomic E-state index is 0.0305. The number of imide groups is 1. The van der Waals surface area contributed by atoms with Gasteiger partial charge in [-0.3, -0.25) is 14.9 Å². The molecule has 3 aliphatic rings. The number of benzene rings is 1. The monoisotopic (exact) mass is 481 g/mol. The van der Waals surface area contributed by atoms with Crippen LogP contribution in [0.4, 0.5) is 15.3 Å². The lowest BCUT2D eigenvalue weighted by Crippen LogP contribution is -2.40. The molecule has 2 fully saturated rings. The molecule has 3 atom stereocenters. The molecule has 5 rings (SSSR count). The zero-order valence-electron chi connectivity index (χ0n) is 19.5. The van der Waals surface area contributed by atoms with Crippen molar-refractivity contribution in [1.29, 1.82) is 0 Å².